The molecule has 0 spiro atoms. The fourth-order valence-electron chi connectivity index (χ4n) is 0. The number of carboxylic acid groups (broad SMARTS) is 2. The largest absolute Gasteiger partial charge is 0.473 e. The zero-order valence-corrected chi connectivity index (χ0v) is 4.01. The van der Waals surface area contributed by atoms with Crippen molar-refractivity contribution in [2.75, 3.05) is 0 Å². The predicted molar refractivity (Wildman–Crippen MR) is 25.2 cm³/mol. The first-order chi connectivity index (χ1) is 2.64. The van der Waals surface area contributed by atoms with Crippen molar-refractivity contribution in [3.63, 3.8) is 0 Å². The van der Waals surface area contributed by atoms with Crippen molar-refractivity contribution in [3.8, 4) is 0 Å². The summed E-state index contributed by atoms with van der Waals surface area (Å²) in [5, 5.41) is 14.8. The monoisotopic (exact) mass is 178 g/mol. The third-order valence-corrected chi connectivity index (χ3v) is 0.183. The van der Waals surface area contributed by atoms with Crippen molar-refractivity contribution in [2.24, 2.45) is 0 Å². The van der Waals surface area contributed by atoms with Crippen LogP contribution in [0.4, 0.5) is 0 Å². The number of carboxylic acids is 2. The first-order valence-corrected chi connectivity index (χ1v) is 1.11. The van der Waals surface area contributed by atoms with E-state index in [-0.39, 0.29) is 33.9 Å². The molecule has 0 aromatic heterocycles. The van der Waals surface area contributed by atoms with Crippen LogP contribution in [-0.2, 0) is 26.1 Å². The van der Waals surface area contributed by atoms with E-state index in [4.69, 9.17) is 19.8 Å². The molecule has 0 saturated heterocycles. The number of carbonyl (C=O) groups is 2. The average Bonchev–Trinajstić information content (AvgIpc) is 1.36. The van der Waals surface area contributed by atoms with E-state index in [1.54, 1.807) is 0 Å². The Labute approximate surface area is 65.9 Å². The van der Waals surface area contributed by atoms with Crippen molar-refractivity contribution >= 4 is 29.3 Å². The fourth-order valence-corrected chi connectivity index (χ4v) is 0. The summed E-state index contributed by atoms with van der Waals surface area (Å²) in [6.45, 7) is 0. The Kier molecular flexibility index (Phi) is 13.6. The number of hydrogen-bond donors (Lipinski definition) is 2. The van der Waals surface area contributed by atoms with Gasteiger partial charge in [-0.3, -0.25) is 0 Å². The van der Waals surface area contributed by atoms with Crippen LogP contribution in [0.25, 0.3) is 0 Å². The van der Waals surface area contributed by atoms with Crippen LogP contribution in [0.5, 0.6) is 0 Å². The van der Waals surface area contributed by atoms with Gasteiger partial charge in [0.05, 0.1) is 0 Å². The van der Waals surface area contributed by atoms with Crippen LogP contribution in [0.1, 0.15) is 0 Å². The summed E-state index contributed by atoms with van der Waals surface area (Å²) in [6, 6.07) is 0. The van der Waals surface area contributed by atoms with E-state index in [1.165, 1.54) is 0 Å². The summed E-state index contributed by atoms with van der Waals surface area (Å²) in [5.41, 5.74) is 0. The van der Waals surface area contributed by atoms with Gasteiger partial charge in [-0.15, -0.1) is 0 Å². The van der Waals surface area contributed by atoms with Gasteiger partial charge in [-0.1, -0.05) is 0 Å². The molecule has 0 amide bonds. The molecular formula is C2H5AlNiO4. The Morgan fingerprint density at radius 3 is 1.12 bits per heavy atom. The zero-order valence-electron chi connectivity index (χ0n) is 3.03. The van der Waals surface area contributed by atoms with E-state index in [2.05, 4.69) is 0 Å². The predicted octanol–water partition coefficient (Wildman–Crippen LogP) is -2.03. The van der Waals surface area contributed by atoms with Gasteiger partial charge in [0.1, 0.15) is 0 Å². The summed E-state index contributed by atoms with van der Waals surface area (Å²) >= 11 is 0. The van der Waals surface area contributed by atoms with Gasteiger partial charge in [0.15, 0.2) is 17.4 Å². The van der Waals surface area contributed by atoms with Crippen molar-refractivity contribution in [2.45, 2.75) is 0 Å². The van der Waals surface area contributed by atoms with Gasteiger partial charge in [0, 0.05) is 16.5 Å². The van der Waals surface area contributed by atoms with Gasteiger partial charge in [-0.2, -0.15) is 0 Å². The molecule has 4 nitrogen and oxygen atoms in total. The molecule has 0 heterocycles. The van der Waals surface area contributed by atoms with Crippen molar-refractivity contribution in [1.29, 1.82) is 0 Å². The van der Waals surface area contributed by atoms with Gasteiger partial charge in [-0.25, -0.2) is 9.59 Å². The van der Waals surface area contributed by atoms with E-state index in [0.717, 1.165) is 0 Å². The molecule has 0 aliphatic heterocycles. The van der Waals surface area contributed by atoms with E-state index in [1.807, 2.05) is 0 Å². The normalized spacial score (nSPS) is 5.50. The molecule has 0 rings (SSSR count). The van der Waals surface area contributed by atoms with Gasteiger partial charge < -0.3 is 10.2 Å². The SMILES string of the molecule is O=C(O)C(=O)O.[AlH3].[Ni]. The third kappa shape index (κ3) is 9.35. The number of aliphatic carboxylic acids is 2. The van der Waals surface area contributed by atoms with Gasteiger partial charge >= 0.3 is 11.9 Å². The van der Waals surface area contributed by atoms with Crippen LogP contribution >= 0.6 is 0 Å². The molecule has 0 radical (unpaired) electrons. The molecule has 0 unspecified atom stereocenters. The fraction of sp³-hybridized carbons (Fsp3) is 0. The second-order valence-electron chi connectivity index (χ2n) is 0.610. The first kappa shape index (κ1) is 15.7. The average molecular weight is 179 g/mol. The molecule has 50 valence electrons. The maximum absolute atomic E-state index is 9.10. The first-order valence-electron chi connectivity index (χ1n) is 1.11. The summed E-state index contributed by atoms with van der Waals surface area (Å²) in [5.74, 6) is -3.65. The van der Waals surface area contributed by atoms with E-state index in [0.29, 0.717) is 0 Å². The van der Waals surface area contributed by atoms with Crippen LogP contribution < -0.4 is 0 Å². The van der Waals surface area contributed by atoms with Crippen LogP contribution in [-0.4, -0.2) is 39.5 Å². The van der Waals surface area contributed by atoms with Crippen molar-refractivity contribution < 1.29 is 36.3 Å². The minimum atomic E-state index is -1.82. The zero-order chi connectivity index (χ0) is 5.15. The van der Waals surface area contributed by atoms with Crippen molar-refractivity contribution in [3.05, 3.63) is 0 Å². The molecule has 2 N–H and O–H groups in total. The molecule has 0 bridgehead atoms. The van der Waals surface area contributed by atoms with Gasteiger partial charge in [0.25, 0.3) is 0 Å². The maximum atomic E-state index is 9.10. The Balaban J connectivity index is -0.000000125. The van der Waals surface area contributed by atoms with Gasteiger partial charge in [-0.05, 0) is 0 Å². The Bertz CT molecular complexity index is 80.0. The van der Waals surface area contributed by atoms with Crippen LogP contribution in [0.2, 0.25) is 0 Å². The molecule has 0 fully saturated rings. The molecule has 0 aromatic rings. The minimum absolute atomic E-state index is 0. The van der Waals surface area contributed by atoms with Crippen LogP contribution in [0.15, 0.2) is 0 Å². The van der Waals surface area contributed by atoms with Crippen LogP contribution in [0, 0.1) is 0 Å². The third-order valence-electron chi connectivity index (χ3n) is 0.183. The summed E-state index contributed by atoms with van der Waals surface area (Å²) < 4.78 is 0. The smallest absolute Gasteiger partial charge is 0.414 e. The quantitative estimate of drug-likeness (QED) is 0.332. The Hall–Kier alpha value is -0.0340. The molecule has 6 heteroatoms. The summed E-state index contributed by atoms with van der Waals surface area (Å²) in [6.07, 6.45) is 0. The molecule has 0 aliphatic carbocycles. The van der Waals surface area contributed by atoms with Crippen LogP contribution in [0.3, 0.4) is 0 Å². The second kappa shape index (κ2) is 6.97. The minimum Gasteiger partial charge on any atom is -0.473 e. The summed E-state index contributed by atoms with van der Waals surface area (Å²) in [4.78, 5) is 18.2. The molecule has 8 heavy (non-hydrogen) atoms. The van der Waals surface area contributed by atoms with Crippen molar-refractivity contribution in [1.82, 2.24) is 0 Å². The molecular weight excluding hydrogens is 174 g/mol. The topological polar surface area (TPSA) is 74.6 Å². The molecule has 0 aliphatic rings. The van der Waals surface area contributed by atoms with E-state index in [9.17, 15) is 0 Å². The van der Waals surface area contributed by atoms with Gasteiger partial charge in [0.2, 0.25) is 0 Å². The maximum Gasteiger partial charge on any atom is 0.414 e. The number of hydrogen-bond acceptors (Lipinski definition) is 2. The Morgan fingerprint density at radius 2 is 1.12 bits per heavy atom. The molecule has 0 atom stereocenters. The van der Waals surface area contributed by atoms with E-state index >= 15 is 0 Å². The number of rotatable bonds is 0. The molecule has 0 saturated carbocycles. The second-order valence-corrected chi connectivity index (χ2v) is 0.610. The van der Waals surface area contributed by atoms with E-state index < -0.39 is 11.9 Å². The molecule has 0 aromatic carbocycles. The standard InChI is InChI=1S/C2H2O4.Al.Ni.3H/c3-1(4)2(5)6;;;;;/h(H,3,4)(H,5,6);;;;;. The Morgan fingerprint density at radius 1 is 1.00 bits per heavy atom. The summed E-state index contributed by atoms with van der Waals surface area (Å²) in [7, 11) is 0.